The highest BCUT2D eigenvalue weighted by atomic mass is 35.5. The predicted molar refractivity (Wildman–Crippen MR) is 122 cm³/mol. The molecule has 1 aliphatic heterocycles. The number of rotatable bonds is 6. The number of ether oxygens (including phenoxy) is 1. The molecule has 1 aliphatic rings. The first-order chi connectivity index (χ1) is 16.4. The highest BCUT2D eigenvalue weighted by Crippen LogP contribution is 2.34. The van der Waals surface area contributed by atoms with Gasteiger partial charge in [0.2, 0.25) is 15.9 Å². The molecular weight excluding hydrogens is 509 g/mol. The summed E-state index contributed by atoms with van der Waals surface area (Å²) >= 11 is 6.12. The lowest BCUT2D eigenvalue weighted by Gasteiger charge is -2.18. The summed E-state index contributed by atoms with van der Waals surface area (Å²) in [7, 11) is -0.786. The van der Waals surface area contributed by atoms with Crippen molar-refractivity contribution < 1.29 is 31.1 Å². The fraction of sp³-hybridized carbons (Fsp3) is 0.273. The Balaban J connectivity index is 1.57. The van der Waals surface area contributed by atoms with Crippen molar-refractivity contribution in [2.45, 2.75) is 17.5 Å². The summed E-state index contributed by atoms with van der Waals surface area (Å²) in [5.74, 6) is -0.807. The second-order valence-electron chi connectivity index (χ2n) is 7.89. The van der Waals surface area contributed by atoms with E-state index in [-0.39, 0.29) is 28.0 Å². The van der Waals surface area contributed by atoms with Gasteiger partial charge in [0.1, 0.15) is 0 Å². The van der Waals surface area contributed by atoms with E-state index in [1.807, 2.05) is 0 Å². The minimum absolute atomic E-state index is 0.107. The van der Waals surface area contributed by atoms with Gasteiger partial charge in [0.25, 0.3) is 5.91 Å². The van der Waals surface area contributed by atoms with Gasteiger partial charge in [0.15, 0.2) is 12.3 Å². The number of aromatic nitrogens is 2. The molecule has 4 rings (SSSR count). The second kappa shape index (κ2) is 9.17. The zero-order chi connectivity index (χ0) is 25.5. The fourth-order valence-electron chi connectivity index (χ4n) is 3.62. The molecule has 8 nitrogen and oxygen atoms in total. The number of alkyl halides is 3. The Kier molecular flexibility index (Phi) is 6.56. The van der Waals surface area contributed by atoms with E-state index in [1.165, 1.54) is 49.3 Å². The Labute approximate surface area is 204 Å². The van der Waals surface area contributed by atoms with Gasteiger partial charge in [-0.1, -0.05) is 23.7 Å². The predicted octanol–water partition coefficient (Wildman–Crippen LogP) is 3.76. The highest BCUT2D eigenvalue weighted by Gasteiger charge is 2.36. The number of para-hydroxylation sites is 1. The first-order valence-electron chi connectivity index (χ1n) is 10.3. The monoisotopic (exact) mass is 528 g/mol. The van der Waals surface area contributed by atoms with E-state index in [9.17, 15) is 26.4 Å². The van der Waals surface area contributed by atoms with Gasteiger partial charge in [-0.25, -0.2) is 12.7 Å². The van der Waals surface area contributed by atoms with Crippen molar-refractivity contribution in [2.24, 2.45) is 0 Å². The van der Waals surface area contributed by atoms with Crippen molar-refractivity contribution in [3.8, 4) is 11.6 Å². The largest absolute Gasteiger partial charge is 0.467 e. The van der Waals surface area contributed by atoms with Crippen LogP contribution in [-0.4, -0.2) is 55.7 Å². The standard InChI is InChI=1S/C22H20ClF3N4O4S/c1-28(2)35(32,33)15-7-8-17-14(11-15)9-10-29(17)20(31)13-34-21-12-19(22(24,25)26)27-30(21)18-6-4-3-5-16(18)23/h3-8,11-12H,9-10,13H2,1-2H3. The lowest BCUT2D eigenvalue weighted by Crippen LogP contribution is -2.33. The number of carbonyl (C=O) groups excluding carboxylic acids is 1. The van der Waals surface area contributed by atoms with E-state index in [0.717, 1.165) is 8.99 Å². The molecule has 0 fully saturated rings. The summed E-state index contributed by atoms with van der Waals surface area (Å²) in [5, 5.41) is 3.72. The third-order valence-electron chi connectivity index (χ3n) is 5.42. The molecule has 1 aromatic heterocycles. The van der Waals surface area contributed by atoms with Crippen LogP contribution >= 0.6 is 11.6 Å². The van der Waals surface area contributed by atoms with Crippen molar-refractivity contribution in [3.05, 3.63) is 64.8 Å². The van der Waals surface area contributed by atoms with Gasteiger partial charge in [-0.05, 0) is 42.3 Å². The van der Waals surface area contributed by atoms with Crippen molar-refractivity contribution in [3.63, 3.8) is 0 Å². The first kappa shape index (κ1) is 25.0. The maximum atomic E-state index is 13.3. The second-order valence-corrected chi connectivity index (χ2v) is 10.4. The molecule has 2 heterocycles. The number of amides is 1. The number of halogens is 4. The number of hydrogen-bond donors (Lipinski definition) is 0. The number of fused-ring (bicyclic) bond motifs is 1. The van der Waals surface area contributed by atoms with E-state index in [0.29, 0.717) is 23.7 Å². The van der Waals surface area contributed by atoms with Crippen molar-refractivity contribution in [2.75, 3.05) is 32.1 Å². The van der Waals surface area contributed by atoms with Crippen LogP contribution in [0.4, 0.5) is 18.9 Å². The average molecular weight is 529 g/mol. The van der Waals surface area contributed by atoms with Crippen molar-refractivity contribution in [1.29, 1.82) is 0 Å². The Hall–Kier alpha value is -3.09. The molecule has 0 aliphatic carbocycles. The first-order valence-corrected chi connectivity index (χ1v) is 12.1. The van der Waals surface area contributed by atoms with Gasteiger partial charge in [-0.2, -0.15) is 23.0 Å². The molecule has 0 spiro atoms. The van der Waals surface area contributed by atoms with Crippen LogP contribution in [0, 0.1) is 0 Å². The van der Waals surface area contributed by atoms with Crippen LogP contribution < -0.4 is 9.64 Å². The van der Waals surface area contributed by atoms with Gasteiger partial charge >= 0.3 is 6.18 Å². The zero-order valence-electron chi connectivity index (χ0n) is 18.6. The van der Waals surface area contributed by atoms with Crippen LogP contribution in [0.25, 0.3) is 5.69 Å². The van der Waals surface area contributed by atoms with Gasteiger partial charge in [0, 0.05) is 32.4 Å². The number of hydrogen-bond acceptors (Lipinski definition) is 5. The molecule has 13 heteroatoms. The molecule has 1 amide bonds. The molecule has 0 unspecified atom stereocenters. The number of nitrogens with zero attached hydrogens (tertiary/aromatic N) is 4. The summed E-state index contributed by atoms with van der Waals surface area (Å²) in [6, 6.07) is 11.3. The lowest BCUT2D eigenvalue weighted by molar-refractivity contribution is -0.141. The molecule has 186 valence electrons. The summed E-state index contributed by atoms with van der Waals surface area (Å²) in [5.41, 5.74) is 0.155. The fourth-order valence-corrected chi connectivity index (χ4v) is 4.79. The van der Waals surface area contributed by atoms with E-state index in [2.05, 4.69) is 5.10 Å². The number of carbonyl (C=O) groups is 1. The van der Waals surface area contributed by atoms with Crippen LogP contribution in [0.15, 0.2) is 53.4 Å². The average Bonchev–Trinajstić information content (AvgIpc) is 3.41. The molecule has 2 aromatic carbocycles. The maximum Gasteiger partial charge on any atom is 0.435 e. The van der Waals surface area contributed by atoms with Crippen LogP contribution in [0.3, 0.4) is 0 Å². The van der Waals surface area contributed by atoms with Crippen LogP contribution in [0.2, 0.25) is 5.02 Å². The Morgan fingerprint density at radius 3 is 2.51 bits per heavy atom. The minimum Gasteiger partial charge on any atom is -0.467 e. The highest BCUT2D eigenvalue weighted by molar-refractivity contribution is 7.89. The molecule has 0 saturated carbocycles. The SMILES string of the molecule is CN(C)S(=O)(=O)c1ccc2c(c1)CCN2C(=O)COc1cc(C(F)(F)F)nn1-c1ccccc1Cl. The van der Waals surface area contributed by atoms with Gasteiger partial charge in [-0.15, -0.1) is 0 Å². The lowest BCUT2D eigenvalue weighted by atomic mass is 10.2. The molecule has 0 atom stereocenters. The third-order valence-corrected chi connectivity index (χ3v) is 7.55. The van der Waals surface area contributed by atoms with E-state index in [4.69, 9.17) is 16.3 Å². The van der Waals surface area contributed by atoms with E-state index >= 15 is 0 Å². The molecular formula is C22H20ClF3N4O4S. The van der Waals surface area contributed by atoms with Gasteiger partial charge < -0.3 is 9.64 Å². The summed E-state index contributed by atoms with van der Waals surface area (Å²) in [6.45, 7) is -0.287. The van der Waals surface area contributed by atoms with Crippen molar-refractivity contribution in [1.82, 2.24) is 14.1 Å². The van der Waals surface area contributed by atoms with Gasteiger partial charge in [-0.3, -0.25) is 4.79 Å². The minimum atomic E-state index is -4.73. The number of benzene rings is 2. The Morgan fingerprint density at radius 2 is 1.86 bits per heavy atom. The smallest absolute Gasteiger partial charge is 0.435 e. The normalized spacial score (nSPS) is 13.9. The maximum absolute atomic E-state index is 13.3. The number of sulfonamides is 1. The summed E-state index contributed by atoms with van der Waals surface area (Å²) in [4.78, 5) is 14.4. The summed E-state index contributed by atoms with van der Waals surface area (Å²) in [6.07, 6.45) is -4.30. The van der Waals surface area contributed by atoms with E-state index in [1.54, 1.807) is 12.1 Å². The van der Waals surface area contributed by atoms with E-state index < -0.39 is 34.4 Å². The quantitative estimate of drug-likeness (QED) is 0.486. The Morgan fingerprint density at radius 1 is 1.14 bits per heavy atom. The molecule has 3 aromatic rings. The molecule has 0 radical (unpaired) electrons. The molecule has 0 N–H and O–H groups in total. The zero-order valence-corrected chi connectivity index (χ0v) is 20.2. The van der Waals surface area contributed by atoms with Crippen LogP contribution in [0.1, 0.15) is 11.3 Å². The van der Waals surface area contributed by atoms with Gasteiger partial charge in [0.05, 0.1) is 15.6 Å². The van der Waals surface area contributed by atoms with Crippen LogP contribution in [0.5, 0.6) is 5.88 Å². The topological polar surface area (TPSA) is 84.7 Å². The number of anilines is 1. The molecule has 35 heavy (non-hydrogen) atoms. The molecule has 0 bridgehead atoms. The molecule has 0 saturated heterocycles. The summed E-state index contributed by atoms with van der Waals surface area (Å²) < 4.78 is 72.1. The van der Waals surface area contributed by atoms with Crippen LogP contribution in [-0.2, 0) is 27.4 Å². The third kappa shape index (κ3) is 4.86. The van der Waals surface area contributed by atoms with Crippen molar-refractivity contribution >= 4 is 33.2 Å². The Bertz CT molecular complexity index is 1390.